The lowest BCUT2D eigenvalue weighted by Crippen LogP contribution is -2.27. The number of carbonyl (C=O) groups excluding carboxylic acids is 2. The molecule has 0 saturated carbocycles. The molecule has 0 aliphatic heterocycles. The van der Waals surface area contributed by atoms with Gasteiger partial charge in [0.25, 0.3) is 0 Å². The van der Waals surface area contributed by atoms with Crippen LogP contribution in [0.1, 0.15) is 101 Å². The van der Waals surface area contributed by atoms with Gasteiger partial charge >= 0.3 is 12.2 Å². The molecule has 1 N–H and O–H groups in total. The Morgan fingerprint density at radius 2 is 1.35 bits per heavy atom. The van der Waals surface area contributed by atoms with Gasteiger partial charge in [0.15, 0.2) is 0 Å². The molecule has 0 saturated heterocycles. The topological polar surface area (TPSA) is 78.5 Å². The van der Waals surface area contributed by atoms with Gasteiger partial charge < -0.3 is 4.74 Å². The maximum Gasteiger partial charge on any atom is 0.454 e. The Morgan fingerprint density at radius 1 is 0.757 bits per heavy atom. The van der Waals surface area contributed by atoms with E-state index in [0.29, 0.717) is 5.69 Å². The zero-order valence-electron chi connectivity index (χ0n) is 23.0. The van der Waals surface area contributed by atoms with Crippen LogP contribution in [0.5, 0.6) is 0 Å². The van der Waals surface area contributed by atoms with Crippen molar-refractivity contribution in [2.45, 2.75) is 104 Å². The van der Waals surface area contributed by atoms with Crippen molar-refractivity contribution in [1.82, 2.24) is 0 Å². The summed E-state index contributed by atoms with van der Waals surface area (Å²) in [6.07, 6.45) is 13.5. The predicted molar refractivity (Wildman–Crippen MR) is 151 cm³/mol. The van der Waals surface area contributed by atoms with Gasteiger partial charge in [0.2, 0.25) is 0 Å². The lowest BCUT2D eigenvalue weighted by Gasteiger charge is -2.19. The number of nitrogens with zero attached hydrogens (tertiary/aromatic N) is 1. The molecule has 0 spiro atoms. The molecule has 0 aliphatic carbocycles. The fraction of sp³-hybridized carbons (Fsp3) is 0.548. The van der Waals surface area contributed by atoms with Crippen LogP contribution in [0.3, 0.4) is 0 Å². The van der Waals surface area contributed by atoms with Crippen molar-refractivity contribution in [2.75, 3.05) is 17.3 Å². The molecule has 0 aromatic heterocycles. The number of nitrogens with one attached hydrogen (secondary N) is 1. The number of unbranched alkanes of at least 4 members (excludes halogenated alkanes) is 9. The van der Waals surface area contributed by atoms with Crippen LogP contribution in [0.4, 0.5) is 21.0 Å². The van der Waals surface area contributed by atoms with Crippen LogP contribution in [0, 0.1) is 0 Å². The predicted octanol–water partition coefficient (Wildman–Crippen LogP) is 8.84. The van der Waals surface area contributed by atoms with Crippen LogP contribution in [0.25, 0.3) is 0 Å². The Hall–Kier alpha value is -3.02. The monoisotopic (exact) mass is 509 g/mol. The van der Waals surface area contributed by atoms with E-state index in [0.717, 1.165) is 42.5 Å². The standard InChI is InChI=1S/C31H45N2O4/c1-4-6-8-10-12-13-15-25-17-21-29(22-18-25)33(3)31(36)37-24-27-19-20-28(32-30(34)35)23-26(27)16-14-11-9-7-5-2/h17-23,32H,4-16,24H2,1-3H3. The highest BCUT2D eigenvalue weighted by molar-refractivity contribution is 5.87. The van der Waals surface area contributed by atoms with Crippen molar-refractivity contribution in [3.63, 3.8) is 0 Å². The zero-order chi connectivity index (χ0) is 26.9. The third-order valence-electron chi connectivity index (χ3n) is 6.77. The minimum atomic E-state index is -1.34. The average molecular weight is 510 g/mol. The minimum absolute atomic E-state index is 0.134. The van der Waals surface area contributed by atoms with E-state index in [9.17, 15) is 14.7 Å². The molecule has 1 radical (unpaired) electrons. The number of ether oxygens (including phenoxy) is 1. The third-order valence-corrected chi connectivity index (χ3v) is 6.77. The number of hydrogen-bond acceptors (Lipinski definition) is 3. The second-order valence-corrected chi connectivity index (χ2v) is 9.86. The van der Waals surface area contributed by atoms with E-state index in [2.05, 4.69) is 31.3 Å². The van der Waals surface area contributed by atoms with Crippen molar-refractivity contribution in [2.24, 2.45) is 0 Å². The van der Waals surface area contributed by atoms with E-state index >= 15 is 0 Å². The average Bonchev–Trinajstić information content (AvgIpc) is 2.89. The van der Waals surface area contributed by atoms with Gasteiger partial charge in [0.05, 0.1) is 0 Å². The second kappa shape index (κ2) is 17.4. The second-order valence-electron chi connectivity index (χ2n) is 9.86. The molecule has 2 aromatic rings. The molecule has 0 aliphatic rings. The SMILES string of the molecule is CCCCCCCCc1ccc(N(C)C(=O)OCc2ccc(NC([O])=O)cc2CCCCCCC)cc1. The van der Waals surface area contributed by atoms with Crippen LogP contribution in [-0.2, 0) is 29.3 Å². The van der Waals surface area contributed by atoms with Gasteiger partial charge in [-0.05, 0) is 66.6 Å². The van der Waals surface area contributed by atoms with Crippen molar-refractivity contribution in [3.8, 4) is 0 Å². The largest absolute Gasteiger partial charge is 0.454 e. The van der Waals surface area contributed by atoms with Crippen LogP contribution >= 0.6 is 0 Å². The van der Waals surface area contributed by atoms with Gasteiger partial charge in [0, 0.05) is 18.4 Å². The summed E-state index contributed by atoms with van der Waals surface area (Å²) in [4.78, 5) is 25.2. The number of amides is 2. The Bertz CT molecular complexity index is 943. The quantitative estimate of drug-likeness (QED) is 0.216. The van der Waals surface area contributed by atoms with E-state index in [1.54, 1.807) is 13.1 Å². The molecule has 0 fully saturated rings. The molecule has 0 atom stereocenters. The summed E-state index contributed by atoms with van der Waals surface area (Å²) in [6.45, 7) is 4.55. The first-order valence-corrected chi connectivity index (χ1v) is 14.0. The molecule has 6 nitrogen and oxygen atoms in total. The van der Waals surface area contributed by atoms with E-state index in [1.807, 2.05) is 24.3 Å². The Labute approximate surface area is 223 Å². The summed E-state index contributed by atoms with van der Waals surface area (Å²) >= 11 is 0. The molecule has 203 valence electrons. The molecule has 0 unspecified atom stereocenters. The summed E-state index contributed by atoms with van der Waals surface area (Å²) in [5, 5.41) is 13.3. The van der Waals surface area contributed by atoms with Crippen LogP contribution in [-0.4, -0.2) is 19.2 Å². The Morgan fingerprint density at radius 3 is 1.97 bits per heavy atom. The van der Waals surface area contributed by atoms with Gasteiger partial charge in [-0.2, -0.15) is 0 Å². The number of benzene rings is 2. The third kappa shape index (κ3) is 11.7. The maximum atomic E-state index is 12.8. The van der Waals surface area contributed by atoms with Gasteiger partial charge in [0.1, 0.15) is 6.61 Å². The number of aryl methyl sites for hydroxylation is 2. The molecule has 2 aromatic carbocycles. The fourth-order valence-electron chi connectivity index (χ4n) is 4.45. The molecule has 2 rings (SSSR count). The highest BCUT2D eigenvalue weighted by Gasteiger charge is 2.14. The van der Waals surface area contributed by atoms with Crippen molar-refractivity contribution in [1.29, 1.82) is 0 Å². The normalized spacial score (nSPS) is 10.8. The first-order valence-electron chi connectivity index (χ1n) is 14.0. The van der Waals surface area contributed by atoms with E-state index < -0.39 is 12.2 Å². The van der Waals surface area contributed by atoms with Gasteiger partial charge in [-0.3, -0.25) is 10.2 Å². The minimum Gasteiger partial charge on any atom is -0.444 e. The lowest BCUT2D eigenvalue weighted by atomic mass is 10.00. The first-order chi connectivity index (χ1) is 17.9. The molecule has 0 bridgehead atoms. The summed E-state index contributed by atoms with van der Waals surface area (Å²) < 4.78 is 5.63. The van der Waals surface area contributed by atoms with E-state index in [-0.39, 0.29) is 6.61 Å². The highest BCUT2D eigenvalue weighted by atomic mass is 16.6. The van der Waals surface area contributed by atoms with Crippen molar-refractivity contribution < 1.29 is 19.4 Å². The highest BCUT2D eigenvalue weighted by Crippen LogP contribution is 2.22. The first kappa shape index (κ1) is 30.2. The molecular weight excluding hydrogens is 464 g/mol. The van der Waals surface area contributed by atoms with Gasteiger partial charge in [-0.25, -0.2) is 14.7 Å². The van der Waals surface area contributed by atoms with Crippen molar-refractivity contribution in [3.05, 3.63) is 59.2 Å². The van der Waals surface area contributed by atoms with Gasteiger partial charge in [-0.1, -0.05) is 89.8 Å². The summed E-state index contributed by atoms with van der Waals surface area (Å²) in [5.41, 5.74) is 4.42. The number of carbonyl (C=O) groups is 2. The van der Waals surface area contributed by atoms with Crippen LogP contribution in [0.2, 0.25) is 0 Å². The zero-order valence-corrected chi connectivity index (χ0v) is 23.0. The summed E-state index contributed by atoms with van der Waals surface area (Å²) in [6, 6.07) is 13.4. The molecule has 6 heteroatoms. The Balaban J connectivity index is 1.90. The molecule has 37 heavy (non-hydrogen) atoms. The molecular formula is C31H45N2O4. The van der Waals surface area contributed by atoms with Crippen LogP contribution in [0.15, 0.2) is 42.5 Å². The fourth-order valence-corrected chi connectivity index (χ4v) is 4.45. The summed E-state index contributed by atoms with van der Waals surface area (Å²) in [7, 11) is 1.71. The lowest BCUT2D eigenvalue weighted by molar-refractivity contribution is 0.148. The molecule has 2 amide bonds. The Kier molecular flexibility index (Phi) is 14.2. The molecule has 0 heterocycles. The van der Waals surface area contributed by atoms with Gasteiger partial charge in [-0.15, -0.1) is 0 Å². The maximum absolute atomic E-state index is 12.8. The number of rotatable bonds is 17. The number of hydrogen-bond donors (Lipinski definition) is 1. The summed E-state index contributed by atoms with van der Waals surface area (Å²) in [5.74, 6) is 0. The smallest absolute Gasteiger partial charge is 0.444 e. The van der Waals surface area contributed by atoms with Crippen molar-refractivity contribution >= 4 is 23.6 Å². The van der Waals surface area contributed by atoms with E-state index in [4.69, 9.17) is 4.74 Å². The number of anilines is 2. The van der Waals surface area contributed by atoms with Crippen LogP contribution < -0.4 is 10.2 Å². The van der Waals surface area contributed by atoms with E-state index in [1.165, 1.54) is 68.3 Å².